The lowest BCUT2D eigenvalue weighted by Gasteiger charge is -2.56. The zero-order chi connectivity index (χ0) is 27.1. The standard InChI is InChI=1S/C26H37F3O5SSi/c1-23(2,3)36(6,7)34-17-12-13-24(4)16(14-17)8-9-18-19-10-11-21(33-35(31,32)26(27,28)29)25(19,5)15-20(30)22(18)24/h11-12,14,18-19,22H,8-10,13,15H2,1-7H3/t18-,19-,22+,24-,25-/m0/s1. The highest BCUT2D eigenvalue weighted by molar-refractivity contribution is 7.87. The highest BCUT2D eigenvalue weighted by Crippen LogP contribution is 2.64. The van der Waals surface area contributed by atoms with Crippen LogP contribution in [0.3, 0.4) is 0 Å². The first kappa shape index (κ1) is 27.5. The molecule has 4 aliphatic rings. The molecule has 4 rings (SSSR count). The number of Topliss-reactive ketones (excluding diaryl/α,β-unsaturated/α-hetero) is 1. The number of hydrogen-bond donors (Lipinski definition) is 0. The largest absolute Gasteiger partial charge is 0.544 e. The molecule has 202 valence electrons. The number of fused-ring (bicyclic) bond motifs is 5. The number of ketones is 1. The van der Waals surface area contributed by atoms with E-state index in [1.165, 1.54) is 11.6 Å². The number of allylic oxidation sites excluding steroid dienone is 5. The van der Waals surface area contributed by atoms with Gasteiger partial charge in [-0.2, -0.15) is 21.6 Å². The Labute approximate surface area is 213 Å². The summed E-state index contributed by atoms with van der Waals surface area (Å²) in [5.41, 5.74) is -5.77. The van der Waals surface area contributed by atoms with Crippen molar-refractivity contribution in [3.8, 4) is 0 Å². The summed E-state index contributed by atoms with van der Waals surface area (Å²) in [5, 5.41) is 0.0589. The highest BCUT2D eigenvalue weighted by Gasteiger charge is 2.62. The van der Waals surface area contributed by atoms with Gasteiger partial charge in [-0.25, -0.2) is 0 Å². The number of rotatable bonds is 4. The Balaban J connectivity index is 1.58. The fourth-order valence-corrected chi connectivity index (χ4v) is 8.20. The number of carbonyl (C=O) groups excluding carboxylic acids is 1. The maximum absolute atomic E-state index is 13.7. The van der Waals surface area contributed by atoms with Gasteiger partial charge in [0.25, 0.3) is 0 Å². The maximum atomic E-state index is 13.7. The van der Waals surface area contributed by atoms with E-state index in [1.54, 1.807) is 6.92 Å². The quantitative estimate of drug-likeness (QED) is 0.216. The molecule has 10 heteroatoms. The van der Waals surface area contributed by atoms with Crippen molar-refractivity contribution in [2.45, 2.75) is 90.4 Å². The van der Waals surface area contributed by atoms with E-state index in [-0.39, 0.29) is 46.2 Å². The lowest BCUT2D eigenvalue weighted by Crippen LogP contribution is -2.54. The van der Waals surface area contributed by atoms with E-state index in [1.807, 2.05) is 0 Å². The third-order valence-corrected chi connectivity index (χ3v) is 15.0. The van der Waals surface area contributed by atoms with Crippen LogP contribution in [0.15, 0.2) is 35.3 Å². The van der Waals surface area contributed by atoms with Crippen LogP contribution in [0.2, 0.25) is 18.1 Å². The molecule has 0 aromatic carbocycles. The molecular weight excluding hydrogens is 509 g/mol. The van der Waals surface area contributed by atoms with Crippen LogP contribution in [0.5, 0.6) is 0 Å². The van der Waals surface area contributed by atoms with E-state index in [2.05, 4.69) is 57.1 Å². The third-order valence-electron chi connectivity index (χ3n) is 9.64. The second kappa shape index (κ2) is 8.22. The molecule has 0 aromatic heterocycles. The molecule has 0 heterocycles. The van der Waals surface area contributed by atoms with Crippen molar-refractivity contribution in [3.05, 3.63) is 35.3 Å². The van der Waals surface area contributed by atoms with E-state index in [0.29, 0.717) is 12.8 Å². The molecule has 0 aromatic rings. The Bertz CT molecular complexity index is 1160. The second-order valence-corrected chi connectivity index (χ2v) is 19.2. The summed E-state index contributed by atoms with van der Waals surface area (Å²) in [6, 6.07) is 0. The van der Waals surface area contributed by atoms with Crippen molar-refractivity contribution in [1.29, 1.82) is 0 Å². The monoisotopic (exact) mass is 546 g/mol. The molecule has 0 bridgehead atoms. The van der Waals surface area contributed by atoms with Crippen LogP contribution in [-0.2, 0) is 23.5 Å². The average molecular weight is 547 g/mol. The number of halogens is 3. The summed E-state index contributed by atoms with van der Waals surface area (Å²) in [6.45, 7) is 14.8. The molecular formula is C26H37F3O5SSi. The van der Waals surface area contributed by atoms with Crippen LogP contribution in [-0.4, -0.2) is 28.0 Å². The van der Waals surface area contributed by atoms with Gasteiger partial charge in [0.05, 0.1) is 5.76 Å². The molecule has 0 aliphatic heterocycles. The van der Waals surface area contributed by atoms with Crippen LogP contribution in [0.1, 0.15) is 66.7 Å². The number of alkyl halides is 3. The zero-order valence-electron chi connectivity index (χ0n) is 22.1. The van der Waals surface area contributed by atoms with E-state index >= 15 is 0 Å². The van der Waals surface area contributed by atoms with Crippen LogP contribution in [0, 0.1) is 28.6 Å². The predicted octanol–water partition coefficient (Wildman–Crippen LogP) is 7.00. The van der Waals surface area contributed by atoms with E-state index < -0.39 is 29.4 Å². The Morgan fingerprint density at radius 2 is 1.72 bits per heavy atom. The minimum atomic E-state index is -5.79. The molecule has 2 fully saturated rings. The van der Waals surface area contributed by atoms with Gasteiger partial charge in [-0.15, -0.1) is 0 Å². The van der Waals surface area contributed by atoms with Crippen LogP contribution < -0.4 is 0 Å². The molecule has 0 spiro atoms. The normalized spacial score (nSPS) is 35.1. The summed E-state index contributed by atoms with van der Waals surface area (Å²) < 4.78 is 73.6. The summed E-state index contributed by atoms with van der Waals surface area (Å²) in [7, 11) is -7.81. The molecule has 0 radical (unpaired) electrons. The summed E-state index contributed by atoms with van der Waals surface area (Å²) >= 11 is 0. The van der Waals surface area contributed by atoms with Crippen LogP contribution in [0.4, 0.5) is 13.2 Å². The topological polar surface area (TPSA) is 69.7 Å². The second-order valence-electron chi connectivity index (χ2n) is 12.9. The first-order valence-electron chi connectivity index (χ1n) is 12.6. The zero-order valence-corrected chi connectivity index (χ0v) is 23.9. The molecule has 36 heavy (non-hydrogen) atoms. The van der Waals surface area contributed by atoms with Crippen molar-refractivity contribution in [2.75, 3.05) is 0 Å². The van der Waals surface area contributed by atoms with Gasteiger partial charge in [-0.1, -0.05) is 40.2 Å². The molecule has 0 unspecified atom stereocenters. The predicted molar refractivity (Wildman–Crippen MR) is 133 cm³/mol. The minimum absolute atomic E-state index is 0.0298. The van der Waals surface area contributed by atoms with Crippen molar-refractivity contribution < 1.29 is 35.0 Å². The van der Waals surface area contributed by atoms with Gasteiger partial charge in [-0.3, -0.25) is 4.79 Å². The lowest BCUT2D eigenvalue weighted by atomic mass is 9.47. The fraction of sp³-hybridized carbons (Fsp3) is 0.731. The molecule has 0 amide bonds. The Morgan fingerprint density at radius 3 is 2.31 bits per heavy atom. The van der Waals surface area contributed by atoms with Crippen molar-refractivity contribution in [2.24, 2.45) is 28.6 Å². The SMILES string of the molecule is CC(C)(C)[Si](C)(C)OC1=CC[C@@]2(C)C(=C1)CC[C@@H]1[C@@H]2C(=O)C[C@]2(C)C(OS(=O)(=O)C(F)(F)F)=CC[C@@H]12. The lowest BCUT2D eigenvalue weighted by molar-refractivity contribution is -0.142. The Morgan fingerprint density at radius 1 is 1.08 bits per heavy atom. The molecule has 0 N–H and O–H groups in total. The molecule has 5 atom stereocenters. The smallest absolute Gasteiger partial charge is 0.534 e. The molecule has 4 aliphatic carbocycles. The first-order chi connectivity index (χ1) is 16.2. The molecule has 2 saturated carbocycles. The summed E-state index contributed by atoms with van der Waals surface area (Å²) in [5.74, 6) is 0.127. The number of carbonyl (C=O) groups is 1. The Kier molecular flexibility index (Phi) is 6.28. The van der Waals surface area contributed by atoms with Gasteiger partial charge in [0, 0.05) is 23.2 Å². The van der Waals surface area contributed by atoms with Gasteiger partial charge >= 0.3 is 15.6 Å². The van der Waals surface area contributed by atoms with Gasteiger partial charge < -0.3 is 8.61 Å². The number of hydrogen-bond acceptors (Lipinski definition) is 5. The molecule has 5 nitrogen and oxygen atoms in total. The van der Waals surface area contributed by atoms with Crippen molar-refractivity contribution in [3.63, 3.8) is 0 Å². The van der Waals surface area contributed by atoms with Crippen molar-refractivity contribution >= 4 is 24.2 Å². The molecule has 0 saturated heterocycles. The van der Waals surface area contributed by atoms with Gasteiger partial charge in [-0.05, 0) is 73.9 Å². The summed E-state index contributed by atoms with van der Waals surface area (Å²) in [6.07, 6.45) is 8.17. The third kappa shape index (κ3) is 4.20. The highest BCUT2D eigenvalue weighted by atomic mass is 32.2. The minimum Gasteiger partial charge on any atom is -0.544 e. The van der Waals surface area contributed by atoms with E-state index in [9.17, 15) is 26.4 Å². The van der Waals surface area contributed by atoms with Crippen LogP contribution in [0.25, 0.3) is 0 Å². The van der Waals surface area contributed by atoms with E-state index in [0.717, 1.165) is 18.6 Å². The first-order valence-corrected chi connectivity index (χ1v) is 16.9. The van der Waals surface area contributed by atoms with Gasteiger partial charge in [0.15, 0.2) is 0 Å². The van der Waals surface area contributed by atoms with Gasteiger partial charge in [0.1, 0.15) is 11.5 Å². The maximum Gasteiger partial charge on any atom is 0.534 e. The van der Waals surface area contributed by atoms with Crippen LogP contribution >= 0.6 is 0 Å². The summed E-state index contributed by atoms with van der Waals surface area (Å²) in [4.78, 5) is 13.7. The Hall–Kier alpha value is -1.55. The van der Waals surface area contributed by atoms with Gasteiger partial charge in [0.2, 0.25) is 8.32 Å². The fourth-order valence-electron chi connectivity index (χ4n) is 6.57. The van der Waals surface area contributed by atoms with E-state index in [4.69, 9.17) is 4.43 Å². The van der Waals surface area contributed by atoms with Crippen molar-refractivity contribution in [1.82, 2.24) is 0 Å². The average Bonchev–Trinajstić information content (AvgIpc) is 3.01.